The van der Waals surface area contributed by atoms with Crippen molar-refractivity contribution in [3.8, 4) is 11.1 Å². The van der Waals surface area contributed by atoms with Gasteiger partial charge in [-0.2, -0.15) is 9.47 Å². The lowest BCUT2D eigenvalue weighted by atomic mass is 9.92. The molecule has 2 aliphatic rings. The zero-order chi connectivity index (χ0) is 22.7. The lowest BCUT2D eigenvalue weighted by molar-refractivity contribution is -0.126. The maximum absolute atomic E-state index is 16.1. The largest absolute Gasteiger partial charge is 0.358 e. The van der Waals surface area contributed by atoms with Crippen LogP contribution < -0.4 is 4.90 Å². The van der Waals surface area contributed by atoms with Crippen molar-refractivity contribution in [3.05, 3.63) is 53.5 Å². The fourth-order valence-corrected chi connectivity index (χ4v) is 5.96. The van der Waals surface area contributed by atoms with E-state index >= 15 is 4.39 Å². The van der Waals surface area contributed by atoms with E-state index in [0.717, 1.165) is 39.9 Å². The van der Waals surface area contributed by atoms with Crippen LogP contribution in [0.15, 0.2) is 37.1 Å². The highest BCUT2D eigenvalue weighted by molar-refractivity contribution is 7.11. The third-order valence-electron chi connectivity index (χ3n) is 6.62. The van der Waals surface area contributed by atoms with Crippen molar-refractivity contribution in [1.82, 2.24) is 19.5 Å². The Morgan fingerprint density at radius 1 is 1.21 bits per heavy atom. The highest BCUT2D eigenvalue weighted by Gasteiger charge is 2.31. The van der Waals surface area contributed by atoms with E-state index in [9.17, 15) is 4.79 Å². The van der Waals surface area contributed by atoms with Gasteiger partial charge in [0.05, 0.1) is 16.7 Å². The van der Waals surface area contributed by atoms with Gasteiger partial charge < -0.3 is 9.80 Å². The van der Waals surface area contributed by atoms with Crippen molar-refractivity contribution in [3.63, 3.8) is 0 Å². The Morgan fingerprint density at radius 2 is 2.00 bits per heavy atom. The predicted octanol–water partition coefficient (Wildman–Crippen LogP) is 5.34. The smallest absolute Gasteiger partial charge is 0.246 e. The molecule has 1 saturated carbocycles. The first-order chi connectivity index (χ1) is 16.1. The lowest BCUT2D eigenvalue weighted by Gasteiger charge is -2.34. The first-order valence-corrected chi connectivity index (χ1v) is 12.1. The third-order valence-corrected chi connectivity index (χ3v) is 7.85. The van der Waals surface area contributed by atoms with Crippen LogP contribution >= 0.6 is 23.1 Å². The van der Waals surface area contributed by atoms with Gasteiger partial charge in [0, 0.05) is 48.1 Å². The van der Waals surface area contributed by atoms with Crippen LogP contribution in [0.5, 0.6) is 0 Å². The molecule has 0 spiro atoms. The minimum absolute atomic E-state index is 0.0672. The summed E-state index contributed by atoms with van der Waals surface area (Å²) in [5.74, 6) is -0.0375. The molecule has 0 atom stereocenters. The number of hydrogen-bond acceptors (Lipinski definition) is 5. The monoisotopic (exact) mass is 481 g/mol. The summed E-state index contributed by atoms with van der Waals surface area (Å²) in [5, 5.41) is 10.00. The Balaban J connectivity index is 1.44. The van der Waals surface area contributed by atoms with Crippen LogP contribution in [0.4, 0.5) is 9.39 Å². The molecular formula is C24H21ClFN5OS. The molecule has 168 valence electrons. The Labute approximate surface area is 198 Å². The van der Waals surface area contributed by atoms with E-state index in [4.69, 9.17) is 11.6 Å². The number of nitrogens with zero attached hydrogens (tertiary/aromatic N) is 4. The molecular weight excluding hydrogens is 461 g/mol. The third kappa shape index (κ3) is 3.31. The number of fused-ring (bicyclic) bond motifs is 2. The number of aromatic nitrogens is 3. The number of hydrogen-bond donors (Lipinski definition) is 1. The van der Waals surface area contributed by atoms with Gasteiger partial charge in [-0.25, -0.2) is 4.39 Å². The molecule has 2 aromatic carbocycles. The van der Waals surface area contributed by atoms with Gasteiger partial charge in [-0.15, -0.1) is 0 Å². The van der Waals surface area contributed by atoms with E-state index in [1.165, 1.54) is 17.6 Å². The molecule has 2 aromatic heterocycles. The number of nitrogens with one attached hydrogen (secondary N) is 1. The number of benzene rings is 2. The summed E-state index contributed by atoms with van der Waals surface area (Å²) < 4.78 is 20.5. The molecule has 1 aliphatic heterocycles. The normalized spacial score (nSPS) is 16.7. The van der Waals surface area contributed by atoms with Crippen molar-refractivity contribution in [2.45, 2.75) is 18.8 Å². The molecule has 1 aliphatic carbocycles. The molecule has 1 amide bonds. The second-order valence-electron chi connectivity index (χ2n) is 8.58. The topological polar surface area (TPSA) is 65.1 Å². The minimum atomic E-state index is -0.393. The van der Waals surface area contributed by atoms with E-state index in [2.05, 4.69) is 32.1 Å². The molecule has 6 nitrogen and oxygen atoms in total. The van der Waals surface area contributed by atoms with E-state index in [-0.39, 0.29) is 5.91 Å². The van der Waals surface area contributed by atoms with Gasteiger partial charge in [-0.05, 0) is 54.1 Å². The van der Waals surface area contributed by atoms with E-state index in [1.54, 1.807) is 11.1 Å². The number of aromatic amines is 1. The van der Waals surface area contributed by atoms with Gasteiger partial charge in [-0.1, -0.05) is 24.2 Å². The number of anilines is 1. The van der Waals surface area contributed by atoms with Crippen LogP contribution in [0.2, 0.25) is 5.02 Å². The van der Waals surface area contributed by atoms with Gasteiger partial charge in [-0.3, -0.25) is 9.89 Å². The Kier molecular flexibility index (Phi) is 4.88. The van der Waals surface area contributed by atoms with E-state index in [0.29, 0.717) is 53.6 Å². The maximum Gasteiger partial charge on any atom is 0.246 e. The van der Waals surface area contributed by atoms with Gasteiger partial charge in [0.15, 0.2) is 5.82 Å². The fraction of sp³-hybridized carbons (Fsp3) is 0.292. The van der Waals surface area contributed by atoms with Crippen LogP contribution in [0.25, 0.3) is 32.9 Å². The summed E-state index contributed by atoms with van der Waals surface area (Å²) in [5.41, 5.74) is 3.52. The number of carbonyl (C=O) groups is 1. The van der Waals surface area contributed by atoms with Crippen molar-refractivity contribution in [1.29, 1.82) is 0 Å². The number of piperazine rings is 1. The first-order valence-electron chi connectivity index (χ1n) is 11.0. The summed E-state index contributed by atoms with van der Waals surface area (Å²) >= 11 is 8.06. The second kappa shape index (κ2) is 7.81. The van der Waals surface area contributed by atoms with Crippen molar-refractivity contribution >= 4 is 55.8 Å². The van der Waals surface area contributed by atoms with Crippen molar-refractivity contribution in [2.24, 2.45) is 0 Å². The van der Waals surface area contributed by atoms with Crippen LogP contribution in [-0.4, -0.2) is 51.6 Å². The molecule has 4 aromatic rings. The number of halogens is 2. The molecule has 1 saturated heterocycles. The summed E-state index contributed by atoms with van der Waals surface area (Å²) in [4.78, 5) is 15.8. The highest BCUT2D eigenvalue weighted by atomic mass is 35.5. The SMILES string of the molecule is C=CC(=O)N1CCN(c2snc3c(F)c(-c4c(C5CC5)ccc5[nH]ncc45)c(Cl)cc23)CC1. The zero-order valence-corrected chi connectivity index (χ0v) is 19.3. The predicted molar refractivity (Wildman–Crippen MR) is 131 cm³/mol. The molecule has 33 heavy (non-hydrogen) atoms. The Bertz CT molecular complexity index is 1420. The lowest BCUT2D eigenvalue weighted by Crippen LogP contribution is -2.48. The molecule has 0 unspecified atom stereocenters. The number of rotatable bonds is 4. The minimum Gasteiger partial charge on any atom is -0.358 e. The Morgan fingerprint density at radius 3 is 2.73 bits per heavy atom. The molecule has 0 bridgehead atoms. The summed E-state index contributed by atoms with van der Waals surface area (Å²) in [6.07, 6.45) is 5.27. The fourth-order valence-electron chi connectivity index (χ4n) is 4.76. The van der Waals surface area contributed by atoms with Crippen LogP contribution in [0.3, 0.4) is 0 Å². The van der Waals surface area contributed by atoms with Crippen LogP contribution in [-0.2, 0) is 4.79 Å². The van der Waals surface area contributed by atoms with E-state index < -0.39 is 5.82 Å². The Hall–Kier alpha value is -2.97. The van der Waals surface area contributed by atoms with Gasteiger partial charge in [0.25, 0.3) is 0 Å². The number of amides is 1. The number of H-pyrrole nitrogens is 1. The molecule has 9 heteroatoms. The standard InChI is InChI=1S/C24H21ClFN5OS/c1-2-19(32)30-7-9-31(10-8-30)24-15-11-17(25)21(22(26)23(15)29-33-24)20-14(13-3-4-13)5-6-18-16(20)12-27-28-18/h2,5-6,11-13H,1,3-4,7-10H2,(H,27,28). The molecule has 0 radical (unpaired) electrons. The molecule has 2 fully saturated rings. The quantitative estimate of drug-likeness (QED) is 0.399. The van der Waals surface area contributed by atoms with Crippen LogP contribution in [0, 0.1) is 5.82 Å². The molecule has 3 heterocycles. The maximum atomic E-state index is 16.1. The average Bonchev–Trinajstić information content (AvgIpc) is 3.40. The van der Waals surface area contributed by atoms with Crippen LogP contribution in [0.1, 0.15) is 24.3 Å². The van der Waals surface area contributed by atoms with Gasteiger partial charge in [0.2, 0.25) is 5.91 Å². The summed E-state index contributed by atoms with van der Waals surface area (Å²) in [6, 6.07) is 5.90. The van der Waals surface area contributed by atoms with Crippen molar-refractivity contribution < 1.29 is 9.18 Å². The summed E-state index contributed by atoms with van der Waals surface area (Å²) in [7, 11) is 0. The van der Waals surface area contributed by atoms with Crippen molar-refractivity contribution in [2.75, 3.05) is 31.1 Å². The average molecular weight is 482 g/mol. The van der Waals surface area contributed by atoms with Gasteiger partial charge in [0.1, 0.15) is 10.5 Å². The zero-order valence-electron chi connectivity index (χ0n) is 17.8. The highest BCUT2D eigenvalue weighted by Crippen LogP contribution is 2.50. The summed E-state index contributed by atoms with van der Waals surface area (Å²) in [6.45, 7) is 6.04. The van der Waals surface area contributed by atoms with Gasteiger partial charge >= 0.3 is 0 Å². The molecule has 6 rings (SSSR count). The number of carbonyl (C=O) groups excluding carboxylic acids is 1. The first kappa shape index (κ1) is 20.6. The van der Waals surface area contributed by atoms with E-state index in [1.807, 2.05) is 12.1 Å². The second-order valence-corrected chi connectivity index (χ2v) is 9.74. The molecule has 1 N–H and O–H groups in total.